The summed E-state index contributed by atoms with van der Waals surface area (Å²) in [5.74, 6) is -10.0. The molecule has 28 heteroatoms. The second-order valence-electron chi connectivity index (χ2n) is 16.1. The first-order chi connectivity index (χ1) is 30.8. The maximum absolute atomic E-state index is 14.2. The molecule has 0 bridgehead atoms. The molecule has 1 aliphatic rings. The van der Waals surface area contributed by atoms with Crippen LogP contribution in [0, 0.1) is 5.92 Å². The van der Waals surface area contributed by atoms with Gasteiger partial charge in [0, 0.05) is 26.1 Å². The molecule has 0 aromatic carbocycles. The number of hydrogen-bond donors (Lipinski definition) is 16. The number of rotatable bonds is 29. The number of nitrogens with one attached hydrogen (secondary N) is 6. The van der Waals surface area contributed by atoms with Crippen LogP contribution in [0.5, 0.6) is 0 Å². The number of carbonyl (C=O) groups excluding carboxylic acids is 8. The van der Waals surface area contributed by atoms with Crippen LogP contribution in [-0.2, 0) is 43.2 Å². The molecule has 1 fully saturated rings. The number of hydrogen-bond acceptors (Lipinski definition) is 15. The SMILES string of the molecule is CC(C)[C@H](NC(=O)[C@H](CCC(N)=O)NC(=O)[C@H](CO)NC(=O)[C@@H](NC(=O)[C@@H](N)[C@@H](C)O)[C@@H](C)O)C(=O)N[C@@H](CCCN=C(N)N)C(=O)N1CCCC1C(=O)N[C@@H](CCCN=C(N)N)C(=O)O. The van der Waals surface area contributed by atoms with Crippen molar-refractivity contribution in [1.29, 1.82) is 0 Å². The number of aliphatic hydroxyl groups is 3. The number of likely N-dealkylation sites (tertiary alicyclic amines) is 1. The Kier molecular flexibility index (Phi) is 24.9. The van der Waals surface area contributed by atoms with Crippen molar-refractivity contribution in [3.05, 3.63) is 0 Å². The van der Waals surface area contributed by atoms with E-state index in [0.717, 1.165) is 6.92 Å². The molecule has 1 rings (SSSR count). The van der Waals surface area contributed by atoms with Gasteiger partial charge in [-0.25, -0.2) is 4.79 Å². The number of nitrogens with two attached hydrogens (primary N) is 6. The van der Waals surface area contributed by atoms with Crippen molar-refractivity contribution in [3.63, 3.8) is 0 Å². The number of carboxylic acids is 1. The van der Waals surface area contributed by atoms with Crippen LogP contribution in [0.2, 0.25) is 0 Å². The first kappa shape index (κ1) is 57.6. The first-order valence-corrected chi connectivity index (χ1v) is 21.3. The van der Waals surface area contributed by atoms with Gasteiger partial charge in [0.1, 0.15) is 48.3 Å². The molecular weight excluding hydrogens is 875 g/mol. The maximum atomic E-state index is 14.2. The van der Waals surface area contributed by atoms with Gasteiger partial charge in [0.05, 0.1) is 18.8 Å². The fraction of sp³-hybridized carbons (Fsp3) is 0.711. The fourth-order valence-corrected chi connectivity index (χ4v) is 6.50. The van der Waals surface area contributed by atoms with Crippen molar-refractivity contribution in [3.8, 4) is 0 Å². The number of amides is 8. The second kappa shape index (κ2) is 28.5. The first-order valence-electron chi connectivity index (χ1n) is 21.3. The molecule has 1 aliphatic heterocycles. The van der Waals surface area contributed by atoms with Crippen LogP contribution >= 0.6 is 0 Å². The molecular formula is C38H69N15O13. The Morgan fingerprint density at radius 2 is 1.14 bits per heavy atom. The molecule has 10 atom stereocenters. The van der Waals surface area contributed by atoms with Crippen molar-refractivity contribution in [2.24, 2.45) is 50.3 Å². The average Bonchev–Trinajstić information content (AvgIpc) is 3.73. The molecule has 1 saturated heterocycles. The zero-order valence-corrected chi connectivity index (χ0v) is 37.6. The Morgan fingerprint density at radius 1 is 0.636 bits per heavy atom. The smallest absolute Gasteiger partial charge is 0.326 e. The molecule has 1 unspecified atom stereocenters. The third-order valence-electron chi connectivity index (χ3n) is 10.2. The van der Waals surface area contributed by atoms with Gasteiger partial charge < -0.3 is 91.6 Å². The summed E-state index contributed by atoms with van der Waals surface area (Å²) in [6.45, 7) is 4.61. The Hall–Kier alpha value is -6.39. The highest BCUT2D eigenvalue weighted by Crippen LogP contribution is 2.21. The number of nitrogens with zero attached hydrogens (tertiary/aromatic N) is 3. The normalized spacial score (nSPS) is 17.5. The average molecular weight is 944 g/mol. The quantitative estimate of drug-likeness (QED) is 0.0188. The largest absolute Gasteiger partial charge is 0.480 e. The predicted octanol–water partition coefficient (Wildman–Crippen LogP) is -7.92. The molecule has 0 aromatic heterocycles. The highest BCUT2D eigenvalue weighted by Gasteiger charge is 2.40. The molecule has 28 nitrogen and oxygen atoms in total. The van der Waals surface area contributed by atoms with E-state index in [2.05, 4.69) is 41.9 Å². The molecule has 0 saturated carbocycles. The van der Waals surface area contributed by atoms with E-state index in [0.29, 0.717) is 6.42 Å². The number of carboxylic acid groups (broad SMARTS) is 1. The zero-order valence-electron chi connectivity index (χ0n) is 37.6. The van der Waals surface area contributed by atoms with Crippen molar-refractivity contribution >= 4 is 65.1 Å². The van der Waals surface area contributed by atoms with E-state index < -0.39 is 139 Å². The van der Waals surface area contributed by atoms with Crippen LogP contribution < -0.4 is 66.3 Å². The molecule has 66 heavy (non-hydrogen) atoms. The lowest BCUT2D eigenvalue weighted by Crippen LogP contribution is -2.62. The van der Waals surface area contributed by atoms with Gasteiger partial charge in [0.25, 0.3) is 0 Å². The summed E-state index contributed by atoms with van der Waals surface area (Å²) < 4.78 is 0. The number of aliphatic imine (C=N–C) groups is 2. The molecule has 0 aliphatic carbocycles. The third kappa shape index (κ3) is 19.8. The topological polar surface area (TPSA) is 491 Å². The minimum atomic E-state index is -1.80. The Labute approximate surface area is 381 Å². The summed E-state index contributed by atoms with van der Waals surface area (Å²) in [5, 5.41) is 53.8. The standard InChI is InChI=1S/C38H69N15O13/c1-17(2)27(51-29(58)20(11-12-25(39)57)47-30(59)23(16-54)50-34(63)28(19(4)56)52-32(61)26(40)18(3)55)33(62)48-21(8-5-13-45-37(41)42)35(64)53-15-7-10-24(53)31(60)49-22(36(65)66)9-6-14-46-38(43)44/h17-24,26-28,54-56H,5-16,40H2,1-4H3,(H2,39,57)(H,47,59)(H,48,62)(H,49,60)(H,50,63)(H,51,58)(H,52,61)(H,65,66)(H4,41,42,45)(H4,43,44,46)/t18-,19-,20+,21+,22+,23+,24?,26+,27+,28+/m1/s1. The highest BCUT2D eigenvalue weighted by atomic mass is 16.4. The fourth-order valence-electron chi connectivity index (χ4n) is 6.50. The van der Waals surface area contributed by atoms with Crippen molar-refractivity contribution in [1.82, 2.24) is 36.8 Å². The van der Waals surface area contributed by atoms with Crippen molar-refractivity contribution in [2.75, 3.05) is 26.2 Å². The van der Waals surface area contributed by atoms with Crippen LogP contribution in [-0.4, -0.2) is 177 Å². The molecule has 8 amide bonds. The third-order valence-corrected chi connectivity index (χ3v) is 10.2. The van der Waals surface area contributed by atoms with Gasteiger partial charge in [-0.2, -0.15) is 0 Å². The summed E-state index contributed by atoms with van der Waals surface area (Å²) in [4.78, 5) is 127. The van der Waals surface area contributed by atoms with Gasteiger partial charge in [0.2, 0.25) is 47.3 Å². The van der Waals surface area contributed by atoms with E-state index in [1.54, 1.807) is 13.8 Å². The number of aliphatic hydroxyl groups excluding tert-OH is 3. The van der Waals surface area contributed by atoms with E-state index in [1.165, 1.54) is 11.8 Å². The van der Waals surface area contributed by atoms with Gasteiger partial charge in [-0.05, 0) is 64.7 Å². The van der Waals surface area contributed by atoms with E-state index in [9.17, 15) is 63.6 Å². The molecule has 22 N–H and O–H groups in total. The van der Waals surface area contributed by atoms with E-state index in [4.69, 9.17) is 34.4 Å². The molecule has 0 spiro atoms. The minimum Gasteiger partial charge on any atom is -0.480 e. The zero-order chi connectivity index (χ0) is 50.4. The molecule has 1 heterocycles. The Bertz CT molecular complexity index is 1760. The summed E-state index contributed by atoms with van der Waals surface area (Å²) in [5.41, 5.74) is 32.4. The van der Waals surface area contributed by atoms with Gasteiger partial charge in [-0.1, -0.05) is 13.8 Å². The predicted molar refractivity (Wildman–Crippen MR) is 235 cm³/mol. The van der Waals surface area contributed by atoms with Gasteiger partial charge in [-0.15, -0.1) is 0 Å². The molecule has 374 valence electrons. The van der Waals surface area contributed by atoms with Crippen LogP contribution in [0.1, 0.15) is 79.1 Å². The monoisotopic (exact) mass is 944 g/mol. The van der Waals surface area contributed by atoms with E-state index in [1.807, 2.05) is 0 Å². The van der Waals surface area contributed by atoms with Gasteiger partial charge in [0.15, 0.2) is 11.9 Å². The lowest BCUT2D eigenvalue weighted by atomic mass is 10.0. The van der Waals surface area contributed by atoms with Crippen LogP contribution in [0.4, 0.5) is 0 Å². The summed E-state index contributed by atoms with van der Waals surface area (Å²) in [7, 11) is 0. The second-order valence-corrected chi connectivity index (χ2v) is 16.1. The maximum Gasteiger partial charge on any atom is 0.326 e. The van der Waals surface area contributed by atoms with Crippen molar-refractivity contribution in [2.45, 2.75) is 140 Å². The lowest BCUT2D eigenvalue weighted by molar-refractivity contribution is -0.145. The number of aliphatic carboxylic acids is 1. The summed E-state index contributed by atoms with van der Waals surface area (Å²) in [6.07, 6.45) is -2.98. The van der Waals surface area contributed by atoms with Crippen LogP contribution in [0.25, 0.3) is 0 Å². The van der Waals surface area contributed by atoms with Crippen LogP contribution in [0.15, 0.2) is 9.98 Å². The van der Waals surface area contributed by atoms with Gasteiger partial charge in [-0.3, -0.25) is 48.3 Å². The summed E-state index contributed by atoms with van der Waals surface area (Å²) in [6, 6.07) is -11.8. The lowest BCUT2D eigenvalue weighted by Gasteiger charge is -2.31. The van der Waals surface area contributed by atoms with Crippen molar-refractivity contribution < 1.29 is 63.6 Å². The minimum absolute atomic E-state index is 0.0244. The van der Waals surface area contributed by atoms with E-state index in [-0.39, 0.29) is 63.7 Å². The summed E-state index contributed by atoms with van der Waals surface area (Å²) >= 11 is 0. The molecule has 0 aromatic rings. The number of guanidine groups is 2. The Morgan fingerprint density at radius 3 is 1.62 bits per heavy atom. The van der Waals surface area contributed by atoms with Crippen LogP contribution in [0.3, 0.4) is 0 Å². The Balaban J connectivity index is 3.35. The number of primary amides is 1. The van der Waals surface area contributed by atoms with E-state index >= 15 is 0 Å². The number of carbonyl (C=O) groups is 9. The van der Waals surface area contributed by atoms with Gasteiger partial charge >= 0.3 is 5.97 Å². The highest BCUT2D eigenvalue weighted by molar-refractivity contribution is 5.98. The molecule has 0 radical (unpaired) electrons.